The molecule has 1 unspecified atom stereocenters. The predicted molar refractivity (Wildman–Crippen MR) is 141 cm³/mol. The molecule has 3 amide bonds. The van der Waals surface area contributed by atoms with Crippen molar-refractivity contribution in [2.45, 2.75) is 119 Å². The van der Waals surface area contributed by atoms with Crippen molar-refractivity contribution in [3.05, 3.63) is 0 Å². The quantitative estimate of drug-likeness (QED) is 0.0821. The second-order valence-electron chi connectivity index (χ2n) is 11.1. The second kappa shape index (κ2) is 15.3. The van der Waals surface area contributed by atoms with E-state index in [4.69, 9.17) is 23.7 Å². The summed E-state index contributed by atoms with van der Waals surface area (Å²) in [6, 6.07) is -4.22. The summed E-state index contributed by atoms with van der Waals surface area (Å²) in [5.74, 6) is -5.93. The average molecular weight is 656 g/mol. The van der Waals surface area contributed by atoms with Gasteiger partial charge in [0.25, 0.3) is 5.79 Å². The minimum absolute atomic E-state index is 0.115. The van der Waals surface area contributed by atoms with Gasteiger partial charge in [-0.15, -0.1) is 0 Å². The highest BCUT2D eigenvalue weighted by Crippen LogP contribution is 2.37. The van der Waals surface area contributed by atoms with Crippen LogP contribution in [0.5, 0.6) is 0 Å². The van der Waals surface area contributed by atoms with Crippen molar-refractivity contribution in [2.75, 3.05) is 13.2 Å². The molecule has 45 heavy (non-hydrogen) atoms. The van der Waals surface area contributed by atoms with Crippen LogP contribution >= 0.6 is 0 Å². The van der Waals surface area contributed by atoms with Crippen LogP contribution < -0.4 is 16.0 Å². The molecule has 0 aliphatic carbocycles. The predicted octanol–water partition coefficient (Wildman–Crippen LogP) is -6.66. The molecule has 3 rings (SSSR count). The zero-order valence-corrected chi connectivity index (χ0v) is 24.5. The Morgan fingerprint density at radius 2 is 1.64 bits per heavy atom. The summed E-state index contributed by atoms with van der Waals surface area (Å²) in [7, 11) is 0. The Morgan fingerprint density at radius 3 is 2.18 bits per heavy atom. The fraction of sp³-hybridized carbons (Fsp3) is 0.840. The van der Waals surface area contributed by atoms with Crippen molar-refractivity contribution >= 4 is 24.2 Å². The summed E-state index contributed by atoms with van der Waals surface area (Å²) in [5, 5.41) is 90.0. The number of nitrogens with one attached hydrogen (secondary N) is 3. The highest BCUT2D eigenvalue weighted by molar-refractivity contribution is 5.76. The van der Waals surface area contributed by atoms with Crippen LogP contribution in [-0.4, -0.2) is 170 Å². The van der Waals surface area contributed by atoms with Crippen molar-refractivity contribution in [1.29, 1.82) is 0 Å². The van der Waals surface area contributed by atoms with E-state index in [1.54, 1.807) is 0 Å². The maximum atomic E-state index is 12.6. The average Bonchev–Trinajstić information content (AvgIpc) is 3.26. The highest BCUT2D eigenvalue weighted by atomic mass is 16.8. The van der Waals surface area contributed by atoms with Gasteiger partial charge in [-0.05, 0) is 6.92 Å². The maximum absolute atomic E-state index is 12.6. The molecule has 3 aliphatic heterocycles. The largest absolute Gasteiger partial charge is 0.477 e. The molecule has 3 saturated heterocycles. The van der Waals surface area contributed by atoms with E-state index in [1.807, 2.05) is 0 Å². The van der Waals surface area contributed by atoms with Gasteiger partial charge in [0.15, 0.2) is 12.6 Å². The normalized spacial score (nSPS) is 40.5. The fourth-order valence-electron chi connectivity index (χ4n) is 5.57. The number of rotatable bonds is 13. The van der Waals surface area contributed by atoms with Crippen molar-refractivity contribution in [3.63, 3.8) is 0 Å². The van der Waals surface area contributed by atoms with E-state index in [0.717, 1.165) is 13.8 Å². The van der Waals surface area contributed by atoms with Gasteiger partial charge in [0.2, 0.25) is 18.2 Å². The molecule has 20 heteroatoms. The lowest BCUT2D eigenvalue weighted by Gasteiger charge is -2.49. The molecule has 3 fully saturated rings. The number of aliphatic hydroxyl groups excluding tert-OH is 7. The zero-order chi connectivity index (χ0) is 33.8. The number of hydrogen-bond donors (Lipinski definition) is 11. The monoisotopic (exact) mass is 655 g/mol. The second-order valence-corrected chi connectivity index (χ2v) is 11.1. The summed E-state index contributed by atoms with van der Waals surface area (Å²) in [6.45, 7) is 1.96. The zero-order valence-electron chi connectivity index (χ0n) is 24.5. The summed E-state index contributed by atoms with van der Waals surface area (Å²) in [5.41, 5.74) is 0. The number of ether oxygens (including phenoxy) is 5. The number of aliphatic hydroxyl groups is 7. The Balaban J connectivity index is 1.84. The van der Waals surface area contributed by atoms with Crippen LogP contribution in [0.1, 0.15) is 27.2 Å². The number of carboxylic acid groups (broad SMARTS) is 1. The van der Waals surface area contributed by atoms with Crippen molar-refractivity contribution in [1.82, 2.24) is 16.0 Å². The lowest BCUT2D eigenvalue weighted by molar-refractivity contribution is -0.353. The molecule has 0 spiro atoms. The Morgan fingerprint density at radius 1 is 1.02 bits per heavy atom. The van der Waals surface area contributed by atoms with Crippen molar-refractivity contribution in [3.8, 4) is 0 Å². The Labute approximate surface area is 256 Å². The van der Waals surface area contributed by atoms with Gasteiger partial charge < -0.3 is 80.5 Å². The van der Waals surface area contributed by atoms with E-state index < -0.39 is 129 Å². The van der Waals surface area contributed by atoms with Crippen LogP contribution in [0, 0.1) is 0 Å². The summed E-state index contributed by atoms with van der Waals surface area (Å²) in [6.07, 6.45) is -18.6. The third kappa shape index (κ3) is 8.22. The molecule has 3 aliphatic rings. The Kier molecular flexibility index (Phi) is 12.6. The van der Waals surface area contributed by atoms with E-state index >= 15 is 0 Å². The van der Waals surface area contributed by atoms with E-state index in [1.165, 1.54) is 6.92 Å². The van der Waals surface area contributed by atoms with Gasteiger partial charge in [-0.2, -0.15) is 0 Å². The molecule has 258 valence electrons. The van der Waals surface area contributed by atoms with Crippen LogP contribution in [-0.2, 0) is 42.9 Å². The molecular formula is C25H41N3O17. The first-order valence-electron chi connectivity index (χ1n) is 14.0. The SMILES string of the molecule is CC(=O)N[C@H]1[C@@H]([C@H](NC=O)[C@@H](O)CO)O[C@@](O[C@@H]2CO[C@@H](O[C@H]3[C@H]([C@@H](C)O)OC(O)[C@@H]3NC(C)=O)[C@H](O)[C@H]2O)(C(=O)O)C[C@H]1O. The molecule has 11 N–H and O–H groups in total. The summed E-state index contributed by atoms with van der Waals surface area (Å²) >= 11 is 0. The molecule has 0 bridgehead atoms. The Bertz CT molecular complexity index is 1050. The van der Waals surface area contributed by atoms with Crippen LogP contribution in [0.3, 0.4) is 0 Å². The topological polar surface area (TPSA) is 312 Å². The van der Waals surface area contributed by atoms with Crippen LogP contribution in [0.15, 0.2) is 0 Å². The van der Waals surface area contributed by atoms with Crippen LogP contribution in [0.2, 0.25) is 0 Å². The Hall–Kier alpha value is -2.60. The van der Waals surface area contributed by atoms with Crippen LogP contribution in [0.4, 0.5) is 0 Å². The van der Waals surface area contributed by atoms with Gasteiger partial charge in [-0.25, -0.2) is 4.79 Å². The minimum Gasteiger partial charge on any atom is -0.477 e. The first-order valence-corrected chi connectivity index (χ1v) is 14.0. The van der Waals surface area contributed by atoms with Crippen molar-refractivity contribution in [2.24, 2.45) is 0 Å². The molecular weight excluding hydrogens is 614 g/mol. The van der Waals surface area contributed by atoms with E-state index in [0.29, 0.717) is 0 Å². The molecule has 3 heterocycles. The minimum atomic E-state index is -2.82. The lowest BCUT2D eigenvalue weighted by Crippen LogP contribution is -2.71. The molecule has 0 aromatic heterocycles. The third-order valence-electron chi connectivity index (χ3n) is 7.68. The van der Waals surface area contributed by atoms with Gasteiger partial charge in [0.1, 0.15) is 42.7 Å². The van der Waals surface area contributed by atoms with Gasteiger partial charge in [0, 0.05) is 20.3 Å². The highest BCUT2D eigenvalue weighted by Gasteiger charge is 2.58. The molecule has 15 atom stereocenters. The number of carboxylic acids is 1. The van der Waals surface area contributed by atoms with Gasteiger partial charge in [-0.3, -0.25) is 14.4 Å². The smallest absolute Gasteiger partial charge is 0.364 e. The molecule has 0 radical (unpaired) electrons. The number of amides is 3. The molecule has 0 aromatic carbocycles. The first-order chi connectivity index (χ1) is 21.1. The van der Waals surface area contributed by atoms with Crippen LogP contribution in [0.25, 0.3) is 0 Å². The number of hydrogen-bond acceptors (Lipinski definition) is 16. The van der Waals surface area contributed by atoms with Gasteiger partial charge >= 0.3 is 5.97 Å². The lowest BCUT2D eigenvalue weighted by atomic mass is 9.87. The van der Waals surface area contributed by atoms with E-state index in [2.05, 4.69) is 16.0 Å². The number of carbonyl (C=O) groups is 4. The summed E-state index contributed by atoms with van der Waals surface area (Å²) in [4.78, 5) is 47.4. The van der Waals surface area contributed by atoms with Gasteiger partial charge in [-0.1, -0.05) is 0 Å². The molecule has 0 saturated carbocycles. The number of carbonyl (C=O) groups excluding carboxylic acids is 3. The molecule has 20 nitrogen and oxygen atoms in total. The van der Waals surface area contributed by atoms with Gasteiger partial charge in [0.05, 0.1) is 43.6 Å². The van der Waals surface area contributed by atoms with E-state index in [9.17, 15) is 60.0 Å². The third-order valence-corrected chi connectivity index (χ3v) is 7.68. The standard InChI is InChI=1S/C25H41N3O17/c1-8(31)19-21(16(22(38)42-19)28-10(3)33)43-23-18(37)17(36)13(6-41-23)44-25(24(39)40)4-11(34)15(27-9(2)32)20(45-25)14(26-7-30)12(35)5-29/h7-8,11-23,29,31,34-38H,4-6H2,1-3H3,(H,26,30)(H,27,32)(H,28,33)(H,39,40)/t8-,11-,12+,13-,14-,15-,16-,17+,18-,19+,20-,21-,22?,23+,25-/m1/s1. The maximum Gasteiger partial charge on any atom is 0.364 e. The summed E-state index contributed by atoms with van der Waals surface area (Å²) < 4.78 is 27.8. The fourth-order valence-corrected chi connectivity index (χ4v) is 5.57. The van der Waals surface area contributed by atoms with Crippen molar-refractivity contribution < 1.29 is 83.7 Å². The van der Waals surface area contributed by atoms with E-state index in [-0.39, 0.29) is 6.41 Å². The molecule has 0 aromatic rings. The first kappa shape index (κ1) is 36.9. The number of aliphatic carboxylic acids is 1.